The molecule has 0 saturated carbocycles. The lowest BCUT2D eigenvalue weighted by atomic mass is 10.1. The van der Waals surface area contributed by atoms with Crippen LogP contribution in [-0.4, -0.2) is 48.2 Å². The molecule has 0 bridgehead atoms. The maximum atomic E-state index is 12.5. The largest absolute Gasteiger partial charge is 0.493 e. The Kier molecular flexibility index (Phi) is 6.82. The molecule has 3 rings (SSSR count). The Morgan fingerprint density at radius 3 is 2.54 bits per heavy atom. The highest BCUT2D eigenvalue weighted by molar-refractivity contribution is 6.03. The van der Waals surface area contributed by atoms with Crippen LogP contribution in [0.3, 0.4) is 0 Å². The number of aromatic nitrogens is 3. The predicted molar refractivity (Wildman–Crippen MR) is 101 cm³/mol. The van der Waals surface area contributed by atoms with Gasteiger partial charge in [-0.1, -0.05) is 5.21 Å². The first-order valence-electron chi connectivity index (χ1n) is 8.29. The number of halogens is 1. The van der Waals surface area contributed by atoms with E-state index in [0.29, 0.717) is 22.9 Å². The Balaban J connectivity index is 0.00000243. The van der Waals surface area contributed by atoms with Gasteiger partial charge >= 0.3 is 0 Å². The highest BCUT2D eigenvalue weighted by atomic mass is 35.5. The molecule has 0 aliphatic carbocycles. The van der Waals surface area contributed by atoms with Gasteiger partial charge < -0.3 is 20.1 Å². The van der Waals surface area contributed by atoms with Gasteiger partial charge in [-0.15, -0.1) is 17.5 Å². The summed E-state index contributed by atoms with van der Waals surface area (Å²) in [7, 11) is 3.14. The smallest absolute Gasteiger partial charge is 0.277 e. The van der Waals surface area contributed by atoms with E-state index >= 15 is 0 Å². The fraction of sp³-hybridized carbons (Fsp3) is 0.471. The van der Waals surface area contributed by atoms with Crippen LogP contribution in [0.15, 0.2) is 18.3 Å². The molecule has 1 aromatic carbocycles. The van der Waals surface area contributed by atoms with Crippen molar-refractivity contribution < 1.29 is 14.3 Å². The van der Waals surface area contributed by atoms with Crippen molar-refractivity contribution >= 4 is 24.0 Å². The summed E-state index contributed by atoms with van der Waals surface area (Å²) in [6.07, 6.45) is 3.68. The number of amides is 1. The Morgan fingerprint density at radius 1 is 1.23 bits per heavy atom. The van der Waals surface area contributed by atoms with E-state index in [-0.39, 0.29) is 24.4 Å². The molecule has 2 N–H and O–H groups in total. The van der Waals surface area contributed by atoms with Crippen LogP contribution in [0.4, 0.5) is 5.69 Å². The van der Waals surface area contributed by atoms with E-state index in [2.05, 4.69) is 20.9 Å². The molecule has 1 fully saturated rings. The van der Waals surface area contributed by atoms with Crippen molar-refractivity contribution in [3.63, 3.8) is 0 Å². The molecule has 0 radical (unpaired) electrons. The van der Waals surface area contributed by atoms with Crippen LogP contribution in [0.25, 0.3) is 0 Å². The van der Waals surface area contributed by atoms with E-state index in [9.17, 15) is 4.79 Å². The van der Waals surface area contributed by atoms with Crippen LogP contribution in [-0.2, 0) is 0 Å². The molecule has 0 atom stereocenters. The van der Waals surface area contributed by atoms with Gasteiger partial charge in [0, 0.05) is 11.8 Å². The second-order valence-electron chi connectivity index (χ2n) is 6.04. The monoisotopic (exact) mass is 381 g/mol. The molecule has 142 valence electrons. The minimum Gasteiger partial charge on any atom is -0.493 e. The van der Waals surface area contributed by atoms with Crippen LogP contribution in [0, 0.1) is 6.92 Å². The van der Waals surface area contributed by atoms with Crippen LogP contribution >= 0.6 is 12.4 Å². The van der Waals surface area contributed by atoms with Gasteiger partial charge in [0.15, 0.2) is 17.2 Å². The normalized spacial score (nSPS) is 14.4. The molecule has 2 aromatic rings. The summed E-state index contributed by atoms with van der Waals surface area (Å²) in [5, 5.41) is 14.3. The Bertz CT molecular complexity index is 759. The highest BCUT2D eigenvalue weighted by Gasteiger charge is 2.19. The van der Waals surface area contributed by atoms with Crippen LogP contribution < -0.4 is 20.1 Å². The number of ether oxygens (including phenoxy) is 2. The van der Waals surface area contributed by atoms with Crippen molar-refractivity contribution in [2.45, 2.75) is 25.8 Å². The van der Waals surface area contributed by atoms with E-state index < -0.39 is 0 Å². The number of carbonyl (C=O) groups excluding carboxylic acids is 1. The molecule has 1 aliphatic heterocycles. The van der Waals surface area contributed by atoms with E-state index in [4.69, 9.17) is 9.47 Å². The average Bonchev–Trinajstić information content (AvgIpc) is 3.14. The Labute approximate surface area is 158 Å². The molecule has 2 heterocycles. The van der Waals surface area contributed by atoms with Crippen molar-refractivity contribution in [1.82, 2.24) is 20.3 Å². The number of carbonyl (C=O) groups is 1. The lowest BCUT2D eigenvalue weighted by Gasteiger charge is -2.22. The molecule has 26 heavy (non-hydrogen) atoms. The SMILES string of the molecule is COc1cc(C)c(NC(=O)c2cn(C3CCNCC3)nn2)cc1OC.Cl. The molecule has 8 nitrogen and oxygen atoms in total. The molecule has 0 unspecified atom stereocenters. The van der Waals surface area contributed by atoms with Gasteiger partial charge in [-0.3, -0.25) is 4.79 Å². The zero-order valence-electron chi connectivity index (χ0n) is 15.1. The van der Waals surface area contributed by atoms with Gasteiger partial charge in [-0.2, -0.15) is 0 Å². The number of nitrogens with zero attached hydrogens (tertiary/aromatic N) is 3. The zero-order chi connectivity index (χ0) is 17.8. The second kappa shape index (κ2) is 8.86. The summed E-state index contributed by atoms with van der Waals surface area (Å²) >= 11 is 0. The quantitative estimate of drug-likeness (QED) is 0.825. The summed E-state index contributed by atoms with van der Waals surface area (Å²) in [5.41, 5.74) is 1.82. The van der Waals surface area contributed by atoms with Crippen molar-refractivity contribution in [3.05, 3.63) is 29.6 Å². The van der Waals surface area contributed by atoms with Crippen molar-refractivity contribution in [1.29, 1.82) is 0 Å². The summed E-state index contributed by atoms with van der Waals surface area (Å²) in [6.45, 7) is 3.80. The first kappa shape index (κ1) is 20.0. The Morgan fingerprint density at radius 2 is 1.88 bits per heavy atom. The number of methoxy groups -OCH3 is 2. The maximum absolute atomic E-state index is 12.5. The summed E-state index contributed by atoms with van der Waals surface area (Å²) in [4.78, 5) is 12.5. The van der Waals surface area contributed by atoms with Crippen LogP contribution in [0.1, 0.15) is 34.9 Å². The molecular formula is C17H24ClN5O3. The number of hydrogen-bond donors (Lipinski definition) is 2. The molecule has 1 saturated heterocycles. The minimum atomic E-state index is -0.296. The lowest BCUT2D eigenvalue weighted by Crippen LogP contribution is -2.29. The van der Waals surface area contributed by atoms with Gasteiger partial charge in [-0.05, 0) is 44.5 Å². The fourth-order valence-electron chi connectivity index (χ4n) is 2.93. The van der Waals surface area contributed by atoms with E-state index in [1.165, 1.54) is 0 Å². The Hall–Kier alpha value is -2.32. The minimum absolute atomic E-state index is 0. The summed E-state index contributed by atoms with van der Waals surface area (Å²) in [6, 6.07) is 3.85. The van der Waals surface area contributed by atoms with E-state index in [1.54, 1.807) is 31.2 Å². The van der Waals surface area contributed by atoms with Gasteiger partial charge in [0.1, 0.15) is 0 Å². The third kappa shape index (κ3) is 4.25. The third-order valence-electron chi connectivity index (χ3n) is 4.40. The van der Waals surface area contributed by atoms with Gasteiger partial charge in [0.25, 0.3) is 5.91 Å². The molecule has 1 aromatic heterocycles. The van der Waals surface area contributed by atoms with E-state index in [0.717, 1.165) is 31.5 Å². The standard InChI is InChI=1S/C17H23N5O3.ClH/c1-11-8-15(24-2)16(25-3)9-13(11)19-17(23)14-10-22(21-20-14)12-4-6-18-7-5-12;/h8-10,12,18H,4-7H2,1-3H3,(H,19,23);1H. The lowest BCUT2D eigenvalue weighted by molar-refractivity contribution is 0.102. The van der Waals surface area contributed by atoms with Crippen LogP contribution in [0.5, 0.6) is 11.5 Å². The highest BCUT2D eigenvalue weighted by Crippen LogP contribution is 2.33. The first-order valence-corrected chi connectivity index (χ1v) is 8.29. The van der Waals surface area contributed by atoms with Gasteiger partial charge in [0.05, 0.1) is 26.5 Å². The van der Waals surface area contributed by atoms with Crippen molar-refractivity contribution in [3.8, 4) is 11.5 Å². The molecule has 0 spiro atoms. The molecular weight excluding hydrogens is 358 g/mol. The average molecular weight is 382 g/mol. The second-order valence-corrected chi connectivity index (χ2v) is 6.04. The first-order chi connectivity index (χ1) is 12.1. The zero-order valence-corrected chi connectivity index (χ0v) is 15.9. The number of hydrogen-bond acceptors (Lipinski definition) is 6. The van der Waals surface area contributed by atoms with Gasteiger partial charge in [0.2, 0.25) is 0 Å². The fourth-order valence-corrected chi connectivity index (χ4v) is 2.93. The number of benzene rings is 1. The molecule has 1 amide bonds. The van der Waals surface area contributed by atoms with Crippen molar-refractivity contribution in [2.24, 2.45) is 0 Å². The number of aryl methyl sites for hydroxylation is 1. The number of anilines is 1. The topological polar surface area (TPSA) is 90.3 Å². The molecule has 1 aliphatic rings. The maximum Gasteiger partial charge on any atom is 0.277 e. The summed E-state index contributed by atoms with van der Waals surface area (Å²) < 4.78 is 12.3. The van der Waals surface area contributed by atoms with Crippen molar-refractivity contribution in [2.75, 3.05) is 32.6 Å². The van der Waals surface area contributed by atoms with E-state index in [1.807, 2.05) is 13.0 Å². The number of rotatable bonds is 5. The molecule has 9 heteroatoms. The predicted octanol–water partition coefficient (Wildman–Crippen LogP) is 2.20. The third-order valence-corrected chi connectivity index (χ3v) is 4.40. The number of piperidine rings is 1. The van der Waals surface area contributed by atoms with Crippen LogP contribution in [0.2, 0.25) is 0 Å². The van der Waals surface area contributed by atoms with Gasteiger partial charge in [-0.25, -0.2) is 4.68 Å². The number of nitrogens with one attached hydrogen (secondary N) is 2. The summed E-state index contributed by atoms with van der Waals surface area (Å²) in [5.74, 6) is 0.882.